The Balaban J connectivity index is 6.61. The zero-order valence-corrected chi connectivity index (χ0v) is 51.0. The Morgan fingerprint density at radius 2 is 0.702 bits per heavy atom. The van der Waals surface area contributed by atoms with Crippen molar-refractivity contribution in [2.75, 3.05) is 6.61 Å². The van der Waals surface area contributed by atoms with Crippen LogP contribution in [-0.2, 0) is 67.1 Å². The van der Waals surface area contributed by atoms with Gasteiger partial charge in [0.05, 0.1) is 12.6 Å². The standard InChI is InChI=1S/C54H96N14O16/c1-15-27(9)41(53(83)58-30(12)43(57)73)67-46(76)32(14)60-49(79)35(21-24(3)4)63-47(77)34(18-20-39(71)72)62-51(81)37(23-69)65-54(84)42(28(10)16-2)68-50(80)36(22-25(5)6)64-52(82)40(26(7)8)66-48(78)33(17-19-38(56)70)61-45(75)31(13)59-44(74)29(11)55/h24-37,40-42,69H,15-23,55H2,1-14H3,(H2,56,70)(H2,57,73)(H,58,83)(H,59,74)(H,60,79)(H,61,75)(H,62,81)(H,63,77)(H,64,82)(H,65,84)(H,66,78)(H,67,76)(H,68,80)(H,71,72)/t27-,28-,29-,30-,31-,32-,33-,34-,35-,36-,37-,40-,41-,42-/m0/s1. The molecule has 13 amide bonds. The molecule has 478 valence electrons. The van der Waals surface area contributed by atoms with Gasteiger partial charge < -0.3 is 85.9 Å². The average Bonchev–Trinajstić information content (AvgIpc) is 3.40. The molecule has 0 bridgehead atoms. The predicted molar refractivity (Wildman–Crippen MR) is 306 cm³/mol. The molecule has 19 N–H and O–H groups in total. The average molecular weight is 1200 g/mol. The van der Waals surface area contributed by atoms with Crippen molar-refractivity contribution >= 4 is 82.8 Å². The number of aliphatic hydroxyl groups is 1. The van der Waals surface area contributed by atoms with Crippen LogP contribution >= 0.6 is 0 Å². The van der Waals surface area contributed by atoms with E-state index in [9.17, 15) is 77.3 Å². The molecule has 0 aliphatic carbocycles. The number of carbonyl (C=O) groups is 14. The van der Waals surface area contributed by atoms with Gasteiger partial charge in [-0.3, -0.25) is 67.1 Å². The zero-order valence-electron chi connectivity index (χ0n) is 51.0. The summed E-state index contributed by atoms with van der Waals surface area (Å²) in [4.78, 5) is 184. The molecule has 0 heterocycles. The molecular formula is C54H96N14O16. The Labute approximate surface area is 491 Å². The first kappa shape index (κ1) is 76.5. The lowest BCUT2D eigenvalue weighted by Gasteiger charge is -2.30. The van der Waals surface area contributed by atoms with Crippen molar-refractivity contribution in [2.24, 2.45) is 46.8 Å². The summed E-state index contributed by atoms with van der Waals surface area (Å²) in [5.41, 5.74) is 16.2. The van der Waals surface area contributed by atoms with E-state index in [1.807, 2.05) is 0 Å². The fourth-order valence-electron chi connectivity index (χ4n) is 7.95. The van der Waals surface area contributed by atoms with Crippen LogP contribution in [-0.4, -0.2) is 172 Å². The first-order valence-electron chi connectivity index (χ1n) is 28.4. The van der Waals surface area contributed by atoms with Crippen molar-refractivity contribution in [1.82, 2.24) is 58.5 Å². The Hall–Kier alpha value is -7.50. The summed E-state index contributed by atoms with van der Waals surface area (Å²) in [7, 11) is 0. The van der Waals surface area contributed by atoms with E-state index in [-0.39, 0.29) is 43.9 Å². The van der Waals surface area contributed by atoms with E-state index in [2.05, 4.69) is 58.5 Å². The van der Waals surface area contributed by atoms with E-state index in [0.29, 0.717) is 6.42 Å². The number of nitrogens with one attached hydrogen (secondary N) is 11. The van der Waals surface area contributed by atoms with E-state index in [4.69, 9.17) is 17.2 Å². The lowest BCUT2D eigenvalue weighted by molar-refractivity contribution is -0.139. The maximum Gasteiger partial charge on any atom is 0.303 e. The number of aliphatic hydroxyl groups excluding tert-OH is 1. The van der Waals surface area contributed by atoms with Gasteiger partial charge in [0.2, 0.25) is 76.8 Å². The monoisotopic (exact) mass is 1200 g/mol. The molecule has 30 heteroatoms. The van der Waals surface area contributed by atoms with Crippen LogP contribution in [0.25, 0.3) is 0 Å². The molecule has 0 aromatic carbocycles. The molecule has 0 spiro atoms. The zero-order chi connectivity index (χ0) is 65.0. The molecular weight excluding hydrogens is 1100 g/mol. The van der Waals surface area contributed by atoms with E-state index in [1.54, 1.807) is 69.2 Å². The summed E-state index contributed by atoms with van der Waals surface area (Å²) in [6.45, 7) is 21.2. The normalized spacial score (nSPS) is 16.3. The van der Waals surface area contributed by atoms with Crippen molar-refractivity contribution in [3.8, 4) is 0 Å². The number of carbonyl (C=O) groups excluding carboxylic acids is 13. The van der Waals surface area contributed by atoms with Crippen LogP contribution in [0.15, 0.2) is 0 Å². The van der Waals surface area contributed by atoms with Gasteiger partial charge in [-0.05, 0) is 83.0 Å². The quantitative estimate of drug-likeness (QED) is 0.0280. The van der Waals surface area contributed by atoms with E-state index >= 15 is 0 Å². The number of aliphatic carboxylic acids is 1. The lowest BCUT2D eigenvalue weighted by atomic mass is 9.96. The minimum absolute atomic E-state index is 0.00213. The molecule has 0 saturated heterocycles. The third-order valence-electron chi connectivity index (χ3n) is 13.6. The number of rotatable bonds is 39. The third kappa shape index (κ3) is 27.7. The van der Waals surface area contributed by atoms with Gasteiger partial charge in [0.15, 0.2) is 0 Å². The van der Waals surface area contributed by atoms with Gasteiger partial charge in [0.1, 0.15) is 66.5 Å². The highest BCUT2D eigenvalue weighted by Crippen LogP contribution is 2.15. The number of hydrogen-bond acceptors (Lipinski definition) is 16. The van der Waals surface area contributed by atoms with Gasteiger partial charge in [-0.2, -0.15) is 0 Å². The van der Waals surface area contributed by atoms with Gasteiger partial charge in [-0.25, -0.2) is 0 Å². The highest BCUT2D eigenvalue weighted by Gasteiger charge is 2.38. The summed E-state index contributed by atoms with van der Waals surface area (Å²) in [6.07, 6.45) is -1.19. The molecule has 0 aliphatic heterocycles. The van der Waals surface area contributed by atoms with Crippen LogP contribution in [0, 0.1) is 29.6 Å². The summed E-state index contributed by atoms with van der Waals surface area (Å²) >= 11 is 0. The third-order valence-corrected chi connectivity index (χ3v) is 13.6. The van der Waals surface area contributed by atoms with Crippen molar-refractivity contribution in [1.29, 1.82) is 0 Å². The minimum atomic E-state index is -1.81. The second-order valence-corrected chi connectivity index (χ2v) is 22.5. The maximum atomic E-state index is 14.2. The van der Waals surface area contributed by atoms with Crippen molar-refractivity contribution in [2.45, 2.75) is 221 Å². The molecule has 0 unspecified atom stereocenters. The second-order valence-electron chi connectivity index (χ2n) is 22.5. The maximum absolute atomic E-state index is 14.2. The fourth-order valence-corrected chi connectivity index (χ4v) is 7.95. The number of primary amides is 2. The predicted octanol–water partition coefficient (Wildman–Crippen LogP) is -3.83. The topological polar surface area (TPSA) is 490 Å². The number of carboxylic acid groups (broad SMARTS) is 1. The Kier molecular flexibility index (Phi) is 34.3. The van der Waals surface area contributed by atoms with Crippen molar-refractivity contribution in [3.63, 3.8) is 0 Å². The van der Waals surface area contributed by atoms with Crippen molar-refractivity contribution < 1.29 is 77.3 Å². The first-order valence-corrected chi connectivity index (χ1v) is 28.4. The lowest BCUT2D eigenvalue weighted by Crippen LogP contribution is -2.62. The molecule has 0 radical (unpaired) electrons. The summed E-state index contributed by atoms with van der Waals surface area (Å²) in [5.74, 6) is -14.9. The van der Waals surface area contributed by atoms with E-state index < -0.39 is 192 Å². The number of nitrogens with two attached hydrogens (primary N) is 3. The number of carboxylic acids is 1. The van der Waals surface area contributed by atoms with Crippen LogP contribution in [0.5, 0.6) is 0 Å². The minimum Gasteiger partial charge on any atom is -0.481 e. The van der Waals surface area contributed by atoms with Gasteiger partial charge >= 0.3 is 5.97 Å². The molecule has 84 heavy (non-hydrogen) atoms. The van der Waals surface area contributed by atoms with Gasteiger partial charge in [-0.1, -0.05) is 82.1 Å². The molecule has 0 aromatic heterocycles. The molecule has 30 nitrogen and oxygen atoms in total. The Bertz CT molecular complexity index is 2300. The molecule has 0 saturated carbocycles. The smallest absolute Gasteiger partial charge is 0.303 e. The summed E-state index contributed by atoms with van der Waals surface area (Å²) < 4.78 is 0. The number of hydrogen-bond donors (Lipinski definition) is 16. The number of amides is 13. The summed E-state index contributed by atoms with van der Waals surface area (Å²) in [6, 6.07) is -16.0. The first-order chi connectivity index (χ1) is 38.9. The van der Waals surface area contributed by atoms with Crippen LogP contribution in [0.2, 0.25) is 0 Å². The van der Waals surface area contributed by atoms with Crippen LogP contribution in [0.3, 0.4) is 0 Å². The van der Waals surface area contributed by atoms with Gasteiger partial charge in [0.25, 0.3) is 0 Å². The molecule has 0 fully saturated rings. The Morgan fingerprint density at radius 3 is 1.12 bits per heavy atom. The largest absolute Gasteiger partial charge is 0.481 e. The van der Waals surface area contributed by atoms with Gasteiger partial charge in [0, 0.05) is 12.8 Å². The summed E-state index contributed by atoms with van der Waals surface area (Å²) in [5, 5.41) is 47.4. The fraction of sp³-hybridized carbons (Fsp3) is 0.741. The second kappa shape index (κ2) is 37.6. The van der Waals surface area contributed by atoms with Crippen LogP contribution in [0.1, 0.15) is 148 Å². The van der Waals surface area contributed by atoms with E-state index in [1.165, 1.54) is 27.7 Å². The molecule has 0 aliphatic rings. The van der Waals surface area contributed by atoms with Crippen molar-refractivity contribution in [3.05, 3.63) is 0 Å². The highest BCUT2D eigenvalue weighted by molar-refractivity contribution is 5.99. The molecule has 0 aromatic rings. The SMILES string of the molecule is CC[C@H](C)[C@H](NC(=O)[C@H](C)NC(=O)[C@H](CC(C)C)NC(=O)[C@H](CCC(=O)O)NC(=O)[C@H](CO)NC(=O)[C@@H](NC(=O)[C@H](CC(C)C)NC(=O)[C@@H](NC(=O)[C@H](CCC(N)=O)NC(=O)[C@H](C)NC(=O)[C@H](C)N)C(C)C)[C@@H](C)CC)C(=O)N[C@@H](C)C(N)=O. The molecule has 0 rings (SSSR count). The Morgan fingerprint density at radius 1 is 0.381 bits per heavy atom. The highest BCUT2D eigenvalue weighted by atomic mass is 16.4. The van der Waals surface area contributed by atoms with Crippen LogP contribution < -0.4 is 75.7 Å². The van der Waals surface area contributed by atoms with Gasteiger partial charge in [-0.15, -0.1) is 0 Å². The van der Waals surface area contributed by atoms with Crippen LogP contribution in [0.4, 0.5) is 0 Å². The van der Waals surface area contributed by atoms with E-state index in [0.717, 1.165) is 0 Å². The molecule has 14 atom stereocenters.